The number of hydrogen-bond donors (Lipinski definition) is 2. The molecule has 0 aromatic heterocycles. The Labute approximate surface area is 246 Å². The van der Waals surface area contributed by atoms with Crippen LogP contribution in [0.2, 0.25) is 0 Å². The van der Waals surface area contributed by atoms with Gasteiger partial charge < -0.3 is 24.8 Å². The molecule has 0 radical (unpaired) electrons. The summed E-state index contributed by atoms with van der Waals surface area (Å²) < 4.78 is 11.8. The van der Waals surface area contributed by atoms with Crippen LogP contribution in [-0.2, 0) is 25.7 Å². The van der Waals surface area contributed by atoms with E-state index in [9.17, 15) is 19.5 Å². The molecular formula is C34H38N2O6. The van der Waals surface area contributed by atoms with Gasteiger partial charge in [0.25, 0.3) is 0 Å². The zero-order valence-corrected chi connectivity index (χ0v) is 24.2. The topological polar surface area (TPSA) is 105 Å². The van der Waals surface area contributed by atoms with Crippen molar-refractivity contribution in [3.8, 4) is 11.1 Å². The molecule has 1 fully saturated rings. The Morgan fingerprint density at radius 2 is 1.52 bits per heavy atom. The SMILES string of the molecule is CC1CC(C)C(C(=O)O)N(C(=O)C(NC(=O)OCC2c3ccccc3-c3ccccc32)C(C)OCc2ccccc2)C1. The lowest BCUT2D eigenvalue weighted by atomic mass is 9.84. The zero-order chi connectivity index (χ0) is 29.8. The number of carbonyl (C=O) groups is 3. The number of hydrogen-bond acceptors (Lipinski definition) is 5. The number of nitrogens with one attached hydrogen (secondary N) is 1. The van der Waals surface area contributed by atoms with Crippen molar-refractivity contribution < 1.29 is 29.0 Å². The Kier molecular flexibility index (Phi) is 8.92. The quantitative estimate of drug-likeness (QED) is 0.354. The molecule has 0 bridgehead atoms. The van der Waals surface area contributed by atoms with Crippen LogP contribution in [0.5, 0.6) is 0 Å². The first-order valence-electron chi connectivity index (χ1n) is 14.5. The van der Waals surface area contributed by atoms with E-state index in [4.69, 9.17) is 9.47 Å². The van der Waals surface area contributed by atoms with Crippen molar-refractivity contribution in [2.45, 2.75) is 57.9 Å². The first-order valence-corrected chi connectivity index (χ1v) is 14.5. The maximum Gasteiger partial charge on any atom is 0.407 e. The van der Waals surface area contributed by atoms with Crippen LogP contribution in [0, 0.1) is 11.8 Å². The number of nitrogens with zero attached hydrogens (tertiary/aromatic N) is 1. The number of rotatable bonds is 9. The minimum absolute atomic E-state index is 0.0928. The zero-order valence-electron chi connectivity index (χ0n) is 24.2. The summed E-state index contributed by atoms with van der Waals surface area (Å²) in [5.74, 6) is -1.79. The molecule has 1 saturated heterocycles. The lowest BCUT2D eigenvalue weighted by molar-refractivity contribution is -0.158. The molecule has 8 heteroatoms. The highest BCUT2D eigenvalue weighted by Crippen LogP contribution is 2.44. The van der Waals surface area contributed by atoms with Crippen molar-refractivity contribution in [1.82, 2.24) is 10.2 Å². The fourth-order valence-electron chi connectivity index (χ4n) is 6.42. The molecule has 2 aliphatic rings. The second kappa shape index (κ2) is 12.8. The van der Waals surface area contributed by atoms with Gasteiger partial charge in [-0.25, -0.2) is 9.59 Å². The lowest BCUT2D eigenvalue weighted by Crippen LogP contribution is -2.61. The number of aliphatic carboxylic acids is 1. The average molecular weight is 571 g/mol. The van der Waals surface area contributed by atoms with Gasteiger partial charge in [0.15, 0.2) is 0 Å². The molecule has 0 spiro atoms. The van der Waals surface area contributed by atoms with E-state index in [1.54, 1.807) is 6.92 Å². The van der Waals surface area contributed by atoms with Gasteiger partial charge in [-0.2, -0.15) is 0 Å². The van der Waals surface area contributed by atoms with Gasteiger partial charge in [-0.15, -0.1) is 0 Å². The van der Waals surface area contributed by atoms with Crippen molar-refractivity contribution in [2.24, 2.45) is 11.8 Å². The van der Waals surface area contributed by atoms with Gasteiger partial charge in [0, 0.05) is 12.5 Å². The highest BCUT2D eigenvalue weighted by atomic mass is 16.5. The number of carboxylic acids is 1. The number of alkyl carbamates (subject to hydrolysis) is 1. The average Bonchev–Trinajstić information content (AvgIpc) is 3.30. The Morgan fingerprint density at radius 1 is 0.929 bits per heavy atom. The fourth-order valence-corrected chi connectivity index (χ4v) is 6.42. The normalized spacial score (nSPS) is 21.1. The van der Waals surface area contributed by atoms with Crippen LogP contribution >= 0.6 is 0 Å². The molecule has 42 heavy (non-hydrogen) atoms. The molecule has 3 aromatic carbocycles. The summed E-state index contributed by atoms with van der Waals surface area (Å²) in [5, 5.41) is 12.7. The minimum Gasteiger partial charge on any atom is -0.480 e. The van der Waals surface area contributed by atoms with Crippen molar-refractivity contribution in [3.05, 3.63) is 95.6 Å². The number of fused-ring (bicyclic) bond motifs is 3. The van der Waals surface area contributed by atoms with Crippen LogP contribution < -0.4 is 5.32 Å². The first-order chi connectivity index (χ1) is 20.2. The van der Waals surface area contributed by atoms with E-state index in [-0.39, 0.29) is 37.5 Å². The van der Waals surface area contributed by atoms with Crippen LogP contribution in [0.4, 0.5) is 4.79 Å². The Balaban J connectivity index is 1.33. The van der Waals surface area contributed by atoms with Crippen LogP contribution in [-0.4, -0.2) is 59.3 Å². The van der Waals surface area contributed by atoms with Gasteiger partial charge in [0.2, 0.25) is 5.91 Å². The molecule has 2 amide bonds. The summed E-state index contributed by atoms with van der Waals surface area (Å²) in [5.41, 5.74) is 5.32. The third-order valence-corrected chi connectivity index (χ3v) is 8.40. The van der Waals surface area contributed by atoms with Crippen molar-refractivity contribution >= 4 is 18.0 Å². The van der Waals surface area contributed by atoms with Crippen LogP contribution in [0.25, 0.3) is 11.1 Å². The maximum absolute atomic E-state index is 14.0. The molecule has 220 valence electrons. The van der Waals surface area contributed by atoms with Crippen LogP contribution in [0.1, 0.15) is 49.8 Å². The van der Waals surface area contributed by atoms with Gasteiger partial charge in [-0.1, -0.05) is 92.7 Å². The summed E-state index contributed by atoms with van der Waals surface area (Å²) in [7, 11) is 0. The number of carboxylic acid groups (broad SMARTS) is 1. The summed E-state index contributed by atoms with van der Waals surface area (Å²) in [6.45, 7) is 6.16. The molecule has 2 N–H and O–H groups in total. The predicted octanol–water partition coefficient (Wildman–Crippen LogP) is 5.46. The Bertz CT molecular complexity index is 1380. The van der Waals surface area contributed by atoms with Crippen molar-refractivity contribution in [1.29, 1.82) is 0 Å². The van der Waals surface area contributed by atoms with E-state index in [0.29, 0.717) is 6.42 Å². The standard InChI is InChI=1S/C34H38N2O6/c1-21-17-22(2)31(33(38)39)36(18-21)32(37)30(23(3)41-19-24-11-5-4-6-12-24)35-34(40)42-20-29-27-15-9-7-13-25(27)26-14-8-10-16-28(26)29/h4-16,21-23,29-31H,17-20H2,1-3H3,(H,35,40)(H,38,39). The predicted molar refractivity (Wildman–Crippen MR) is 159 cm³/mol. The van der Waals surface area contributed by atoms with Crippen molar-refractivity contribution in [2.75, 3.05) is 13.2 Å². The lowest BCUT2D eigenvalue weighted by Gasteiger charge is -2.42. The summed E-state index contributed by atoms with van der Waals surface area (Å²) in [4.78, 5) is 40.9. The minimum atomic E-state index is -1.14. The third-order valence-electron chi connectivity index (χ3n) is 8.40. The van der Waals surface area contributed by atoms with E-state index < -0.39 is 36.2 Å². The van der Waals surface area contributed by atoms with Gasteiger partial charge >= 0.3 is 12.1 Å². The number of ether oxygens (including phenoxy) is 2. The molecule has 1 heterocycles. The van der Waals surface area contributed by atoms with E-state index in [0.717, 1.165) is 27.8 Å². The van der Waals surface area contributed by atoms with E-state index >= 15 is 0 Å². The Morgan fingerprint density at radius 3 is 2.14 bits per heavy atom. The molecule has 8 nitrogen and oxygen atoms in total. The highest BCUT2D eigenvalue weighted by Gasteiger charge is 2.43. The smallest absolute Gasteiger partial charge is 0.407 e. The first kappa shape index (κ1) is 29.3. The molecule has 5 atom stereocenters. The number of carbonyl (C=O) groups excluding carboxylic acids is 2. The van der Waals surface area contributed by atoms with Crippen molar-refractivity contribution in [3.63, 3.8) is 0 Å². The monoisotopic (exact) mass is 570 g/mol. The van der Waals surface area contributed by atoms with Gasteiger partial charge in [0.05, 0.1) is 12.7 Å². The number of likely N-dealkylation sites (tertiary alicyclic amines) is 1. The molecule has 3 aromatic rings. The van der Waals surface area contributed by atoms with E-state index in [1.807, 2.05) is 80.6 Å². The van der Waals surface area contributed by atoms with Gasteiger partial charge in [-0.05, 0) is 53.0 Å². The molecule has 5 rings (SSSR count). The molecular weight excluding hydrogens is 532 g/mol. The number of amides is 2. The molecule has 0 saturated carbocycles. The second-order valence-electron chi connectivity index (χ2n) is 11.5. The third kappa shape index (κ3) is 6.19. The second-order valence-corrected chi connectivity index (χ2v) is 11.5. The van der Waals surface area contributed by atoms with Gasteiger partial charge in [-0.3, -0.25) is 4.79 Å². The fraction of sp³-hybridized carbons (Fsp3) is 0.382. The maximum atomic E-state index is 14.0. The van der Waals surface area contributed by atoms with Crippen LogP contribution in [0.15, 0.2) is 78.9 Å². The highest BCUT2D eigenvalue weighted by molar-refractivity contribution is 5.90. The summed E-state index contributed by atoms with van der Waals surface area (Å²) in [6.07, 6.45) is -0.804. The van der Waals surface area contributed by atoms with E-state index in [2.05, 4.69) is 17.4 Å². The molecule has 5 unspecified atom stereocenters. The number of piperidine rings is 1. The molecule has 1 aliphatic heterocycles. The summed E-state index contributed by atoms with van der Waals surface area (Å²) >= 11 is 0. The largest absolute Gasteiger partial charge is 0.480 e. The number of benzene rings is 3. The van der Waals surface area contributed by atoms with Gasteiger partial charge in [0.1, 0.15) is 18.7 Å². The van der Waals surface area contributed by atoms with E-state index in [1.165, 1.54) is 4.90 Å². The molecule has 1 aliphatic carbocycles. The summed E-state index contributed by atoms with van der Waals surface area (Å²) in [6, 6.07) is 23.5. The Hall–Kier alpha value is -4.17. The van der Waals surface area contributed by atoms with Crippen LogP contribution in [0.3, 0.4) is 0 Å².